The van der Waals surface area contributed by atoms with E-state index < -0.39 is 5.60 Å². The molecule has 12 heavy (non-hydrogen) atoms. The van der Waals surface area contributed by atoms with Crippen LogP contribution in [0.1, 0.15) is 26.6 Å². The summed E-state index contributed by atoms with van der Waals surface area (Å²) in [6.07, 6.45) is 0. The van der Waals surface area contributed by atoms with Gasteiger partial charge < -0.3 is 4.74 Å². The Balaban J connectivity index is 2.81. The minimum atomic E-state index is -0.450. The zero-order chi connectivity index (χ0) is 9.19. The van der Waals surface area contributed by atoms with Gasteiger partial charge in [-0.15, -0.1) is 5.10 Å². The van der Waals surface area contributed by atoms with E-state index in [-0.39, 0.29) is 5.28 Å². The second-order valence-corrected chi connectivity index (χ2v) is 3.23. The fraction of sp³-hybridized carbons (Fsp3) is 0.714. The number of nitrogens with zero attached hydrogens (tertiary/aromatic N) is 2. The lowest BCUT2D eigenvalue weighted by Crippen LogP contribution is -2.23. The Bertz CT molecular complexity index is 259. The van der Waals surface area contributed by atoms with Crippen LogP contribution in [-0.4, -0.2) is 21.8 Å². The average Bonchev–Trinajstić information content (AvgIpc) is 2.36. The quantitative estimate of drug-likeness (QED) is 0.788. The van der Waals surface area contributed by atoms with Gasteiger partial charge >= 0.3 is 0 Å². The van der Waals surface area contributed by atoms with Crippen molar-refractivity contribution in [2.45, 2.75) is 26.4 Å². The van der Waals surface area contributed by atoms with E-state index >= 15 is 0 Å². The van der Waals surface area contributed by atoms with E-state index in [0.717, 1.165) is 0 Å². The number of hydrogen-bond acceptors (Lipinski definition) is 3. The van der Waals surface area contributed by atoms with Gasteiger partial charge in [-0.2, -0.15) is 4.98 Å². The topological polar surface area (TPSA) is 50.8 Å². The van der Waals surface area contributed by atoms with E-state index in [1.54, 1.807) is 0 Å². The molecule has 0 fully saturated rings. The number of rotatable bonds is 3. The summed E-state index contributed by atoms with van der Waals surface area (Å²) in [5.74, 6) is 0.648. The zero-order valence-corrected chi connectivity index (χ0v) is 8.14. The summed E-state index contributed by atoms with van der Waals surface area (Å²) < 4.78 is 5.44. The van der Waals surface area contributed by atoms with Gasteiger partial charge in [-0.1, -0.05) is 0 Å². The second-order valence-electron chi connectivity index (χ2n) is 2.90. The molecule has 0 amide bonds. The maximum absolute atomic E-state index is 5.56. The number of aromatic nitrogens is 3. The van der Waals surface area contributed by atoms with Crippen LogP contribution in [0.4, 0.5) is 0 Å². The van der Waals surface area contributed by atoms with Crippen molar-refractivity contribution in [3.63, 3.8) is 0 Å². The van der Waals surface area contributed by atoms with Gasteiger partial charge in [0.05, 0.1) is 0 Å². The van der Waals surface area contributed by atoms with Crippen molar-refractivity contribution in [3.05, 3.63) is 11.1 Å². The van der Waals surface area contributed by atoms with Crippen LogP contribution in [0, 0.1) is 0 Å². The molecule has 0 saturated heterocycles. The summed E-state index contributed by atoms with van der Waals surface area (Å²) in [4.78, 5) is 3.97. The van der Waals surface area contributed by atoms with Gasteiger partial charge in [0.1, 0.15) is 5.60 Å². The first kappa shape index (κ1) is 9.48. The number of ether oxygens (including phenoxy) is 1. The Morgan fingerprint density at radius 3 is 2.67 bits per heavy atom. The highest BCUT2D eigenvalue weighted by Crippen LogP contribution is 2.21. The van der Waals surface area contributed by atoms with E-state index in [1.807, 2.05) is 20.8 Å². The van der Waals surface area contributed by atoms with Crippen LogP contribution >= 0.6 is 11.6 Å². The van der Waals surface area contributed by atoms with Gasteiger partial charge in [-0.05, 0) is 32.4 Å². The summed E-state index contributed by atoms with van der Waals surface area (Å²) in [6, 6.07) is 0. The van der Waals surface area contributed by atoms with Crippen LogP contribution in [0.25, 0.3) is 0 Å². The molecule has 0 aliphatic rings. The monoisotopic (exact) mass is 189 g/mol. The fourth-order valence-corrected chi connectivity index (χ4v) is 1.07. The van der Waals surface area contributed by atoms with E-state index in [4.69, 9.17) is 16.3 Å². The van der Waals surface area contributed by atoms with E-state index in [1.165, 1.54) is 0 Å². The lowest BCUT2D eigenvalue weighted by atomic mass is 10.1. The molecule has 0 aliphatic heterocycles. The van der Waals surface area contributed by atoms with Gasteiger partial charge in [-0.25, -0.2) is 0 Å². The number of nitrogens with one attached hydrogen (secondary N) is 1. The maximum atomic E-state index is 5.56. The molecule has 1 heterocycles. The number of halogens is 1. The van der Waals surface area contributed by atoms with Crippen LogP contribution in [0.5, 0.6) is 0 Å². The van der Waals surface area contributed by atoms with Gasteiger partial charge in [0, 0.05) is 6.61 Å². The Kier molecular flexibility index (Phi) is 2.69. The average molecular weight is 190 g/mol. The summed E-state index contributed by atoms with van der Waals surface area (Å²) in [6.45, 7) is 6.38. The molecule has 0 atom stereocenters. The Morgan fingerprint density at radius 1 is 1.58 bits per heavy atom. The minimum Gasteiger partial charge on any atom is -0.368 e. The van der Waals surface area contributed by atoms with E-state index in [2.05, 4.69) is 15.2 Å². The van der Waals surface area contributed by atoms with Crippen LogP contribution in [0.3, 0.4) is 0 Å². The summed E-state index contributed by atoms with van der Waals surface area (Å²) >= 11 is 5.56. The van der Waals surface area contributed by atoms with E-state index in [9.17, 15) is 0 Å². The normalized spacial score (nSPS) is 12.0. The van der Waals surface area contributed by atoms with Gasteiger partial charge in [0.15, 0.2) is 5.82 Å². The molecule has 1 N–H and O–H groups in total. The van der Waals surface area contributed by atoms with Gasteiger partial charge in [0.2, 0.25) is 5.28 Å². The van der Waals surface area contributed by atoms with Crippen LogP contribution in [0.15, 0.2) is 0 Å². The first-order valence-corrected chi connectivity index (χ1v) is 4.16. The minimum absolute atomic E-state index is 0.220. The lowest BCUT2D eigenvalue weighted by Gasteiger charge is -2.20. The highest BCUT2D eigenvalue weighted by molar-refractivity contribution is 6.28. The largest absolute Gasteiger partial charge is 0.368 e. The fourth-order valence-electron chi connectivity index (χ4n) is 0.940. The highest BCUT2D eigenvalue weighted by atomic mass is 35.5. The summed E-state index contributed by atoms with van der Waals surface area (Å²) in [7, 11) is 0. The van der Waals surface area contributed by atoms with Crippen LogP contribution in [-0.2, 0) is 10.3 Å². The number of hydrogen-bond donors (Lipinski definition) is 1. The van der Waals surface area contributed by atoms with Crippen LogP contribution in [0.2, 0.25) is 5.28 Å². The van der Waals surface area contributed by atoms with Gasteiger partial charge in [-0.3, -0.25) is 5.10 Å². The van der Waals surface area contributed by atoms with Crippen molar-refractivity contribution in [3.8, 4) is 0 Å². The molecule has 0 unspecified atom stereocenters. The van der Waals surface area contributed by atoms with Crippen molar-refractivity contribution in [2.24, 2.45) is 0 Å². The van der Waals surface area contributed by atoms with Gasteiger partial charge in [0.25, 0.3) is 0 Å². The number of aromatic amines is 1. The smallest absolute Gasteiger partial charge is 0.242 e. The second kappa shape index (κ2) is 3.41. The van der Waals surface area contributed by atoms with Crippen molar-refractivity contribution in [1.82, 2.24) is 15.2 Å². The highest BCUT2D eigenvalue weighted by Gasteiger charge is 2.24. The van der Waals surface area contributed by atoms with E-state index in [0.29, 0.717) is 12.4 Å². The molecule has 0 aliphatic carbocycles. The standard InChI is InChI=1S/C7H12ClN3O/c1-4-12-7(2,3)5-9-6(8)11-10-5/h4H2,1-3H3,(H,9,10,11). The SMILES string of the molecule is CCOC(C)(C)c1nc(Cl)n[nH]1. The molecule has 1 rings (SSSR count). The Hall–Kier alpha value is -0.610. The third-order valence-electron chi connectivity index (χ3n) is 1.53. The van der Waals surface area contributed by atoms with Crippen molar-refractivity contribution in [1.29, 1.82) is 0 Å². The predicted octanol–water partition coefficient (Wildman–Crippen LogP) is 1.73. The van der Waals surface area contributed by atoms with Crippen molar-refractivity contribution >= 4 is 11.6 Å². The third-order valence-corrected chi connectivity index (χ3v) is 1.70. The molecule has 5 heteroatoms. The molecule has 0 saturated carbocycles. The van der Waals surface area contributed by atoms with Crippen molar-refractivity contribution < 1.29 is 4.74 Å². The molecule has 0 bridgehead atoms. The Morgan fingerprint density at radius 2 is 2.25 bits per heavy atom. The molecule has 0 spiro atoms. The first-order valence-electron chi connectivity index (χ1n) is 3.78. The first-order chi connectivity index (χ1) is 5.56. The molecule has 0 radical (unpaired) electrons. The lowest BCUT2D eigenvalue weighted by molar-refractivity contribution is -0.0205. The molecule has 4 nitrogen and oxygen atoms in total. The maximum Gasteiger partial charge on any atom is 0.242 e. The molecule has 1 aromatic rings. The molecule has 0 aromatic carbocycles. The molecular weight excluding hydrogens is 178 g/mol. The van der Waals surface area contributed by atoms with Crippen molar-refractivity contribution in [2.75, 3.05) is 6.61 Å². The molecule has 1 aromatic heterocycles. The molecular formula is C7H12ClN3O. The Labute approximate surface area is 76.3 Å². The summed E-state index contributed by atoms with van der Waals surface area (Å²) in [5, 5.41) is 6.65. The number of H-pyrrole nitrogens is 1. The third kappa shape index (κ3) is 1.95. The summed E-state index contributed by atoms with van der Waals surface area (Å²) in [5.41, 5.74) is -0.450. The zero-order valence-electron chi connectivity index (χ0n) is 7.39. The predicted molar refractivity (Wildman–Crippen MR) is 46.0 cm³/mol. The van der Waals surface area contributed by atoms with Crippen LogP contribution < -0.4 is 0 Å². The molecule has 68 valence electrons.